The van der Waals surface area contributed by atoms with Crippen molar-refractivity contribution in [3.8, 4) is 0 Å². The van der Waals surface area contributed by atoms with E-state index in [-0.39, 0.29) is 11.8 Å². The van der Waals surface area contributed by atoms with Gasteiger partial charge in [0.05, 0.1) is 6.20 Å². The number of carbonyl (C=O) groups is 2. The van der Waals surface area contributed by atoms with Crippen LogP contribution in [-0.4, -0.2) is 28.0 Å². The zero-order chi connectivity index (χ0) is 13.0. The van der Waals surface area contributed by atoms with Crippen LogP contribution in [0.1, 0.15) is 36.7 Å². The first-order valence-corrected chi connectivity index (χ1v) is 5.36. The van der Waals surface area contributed by atoms with Crippen molar-refractivity contribution in [2.75, 3.05) is 0 Å². The lowest BCUT2D eigenvalue weighted by molar-refractivity contribution is -0.139. The molecule has 0 bridgehead atoms. The third-order valence-corrected chi connectivity index (χ3v) is 2.13. The minimum absolute atomic E-state index is 0.113. The van der Waals surface area contributed by atoms with Gasteiger partial charge in [-0.2, -0.15) is 0 Å². The number of hydrogen-bond donors (Lipinski definition) is 2. The fraction of sp³-hybridized carbons (Fsp3) is 0.545. The molecule has 17 heavy (non-hydrogen) atoms. The minimum atomic E-state index is -1.06. The molecule has 0 saturated carbocycles. The highest BCUT2D eigenvalue weighted by molar-refractivity contribution is 5.92. The summed E-state index contributed by atoms with van der Waals surface area (Å²) >= 11 is 0. The van der Waals surface area contributed by atoms with E-state index >= 15 is 0 Å². The number of aromatic nitrogens is 1. The molecule has 1 amide bonds. The van der Waals surface area contributed by atoms with Crippen LogP contribution in [0, 0.1) is 12.8 Å². The largest absolute Gasteiger partial charge is 0.480 e. The maximum absolute atomic E-state index is 11.6. The molecule has 0 radical (unpaired) electrons. The van der Waals surface area contributed by atoms with E-state index in [1.165, 1.54) is 6.20 Å². The number of aryl methyl sites for hydroxylation is 1. The van der Waals surface area contributed by atoms with Crippen molar-refractivity contribution < 1.29 is 19.1 Å². The van der Waals surface area contributed by atoms with Gasteiger partial charge in [-0.25, -0.2) is 9.78 Å². The molecule has 1 aromatic heterocycles. The average Bonchev–Trinajstić information content (AvgIpc) is 2.63. The summed E-state index contributed by atoms with van der Waals surface area (Å²) in [7, 11) is 0. The van der Waals surface area contributed by atoms with Crippen LogP contribution in [0.5, 0.6) is 0 Å². The van der Waals surface area contributed by atoms with Crippen LogP contribution < -0.4 is 5.32 Å². The van der Waals surface area contributed by atoms with E-state index in [2.05, 4.69) is 10.3 Å². The van der Waals surface area contributed by atoms with E-state index in [1.807, 2.05) is 13.8 Å². The normalized spacial score (nSPS) is 12.5. The van der Waals surface area contributed by atoms with Crippen molar-refractivity contribution in [2.24, 2.45) is 5.92 Å². The molecular weight excluding hydrogens is 224 g/mol. The molecule has 1 heterocycles. The van der Waals surface area contributed by atoms with Crippen molar-refractivity contribution in [1.82, 2.24) is 10.3 Å². The summed E-state index contributed by atoms with van der Waals surface area (Å²) in [6.07, 6.45) is 1.77. The van der Waals surface area contributed by atoms with Crippen molar-refractivity contribution in [3.63, 3.8) is 0 Å². The Labute approximate surface area is 99.0 Å². The van der Waals surface area contributed by atoms with Gasteiger partial charge in [0.2, 0.25) is 0 Å². The molecule has 0 spiro atoms. The van der Waals surface area contributed by atoms with E-state index < -0.39 is 17.9 Å². The molecule has 0 saturated heterocycles. The quantitative estimate of drug-likeness (QED) is 0.807. The summed E-state index contributed by atoms with van der Waals surface area (Å²) in [6, 6.07) is -0.922. The SMILES string of the molecule is Cc1cnc(C(=O)N[C@H](CC(C)C)C(=O)O)o1. The molecule has 0 fully saturated rings. The highest BCUT2D eigenvalue weighted by Gasteiger charge is 2.23. The second-order valence-corrected chi connectivity index (χ2v) is 4.27. The molecule has 1 rings (SSSR count). The van der Waals surface area contributed by atoms with Crippen LogP contribution in [0.25, 0.3) is 0 Å². The van der Waals surface area contributed by atoms with Gasteiger partial charge in [0.25, 0.3) is 5.89 Å². The molecule has 0 aliphatic heterocycles. The molecule has 2 N–H and O–H groups in total. The Kier molecular flexibility index (Phi) is 4.25. The maximum atomic E-state index is 11.6. The van der Waals surface area contributed by atoms with E-state index in [9.17, 15) is 9.59 Å². The topological polar surface area (TPSA) is 92.4 Å². The lowest BCUT2D eigenvalue weighted by Gasteiger charge is -2.15. The number of carboxylic acid groups (broad SMARTS) is 1. The van der Waals surface area contributed by atoms with Crippen molar-refractivity contribution in [3.05, 3.63) is 17.8 Å². The monoisotopic (exact) mass is 240 g/mol. The van der Waals surface area contributed by atoms with Gasteiger partial charge in [-0.15, -0.1) is 0 Å². The van der Waals surface area contributed by atoms with E-state index in [1.54, 1.807) is 6.92 Å². The van der Waals surface area contributed by atoms with Crippen molar-refractivity contribution in [2.45, 2.75) is 33.2 Å². The van der Waals surface area contributed by atoms with Gasteiger partial charge in [0.15, 0.2) is 0 Å². The van der Waals surface area contributed by atoms with E-state index in [0.717, 1.165) is 0 Å². The van der Waals surface area contributed by atoms with Crippen LogP contribution >= 0.6 is 0 Å². The summed E-state index contributed by atoms with van der Waals surface area (Å²) in [6.45, 7) is 5.43. The number of rotatable bonds is 5. The van der Waals surface area contributed by atoms with Gasteiger partial charge in [0, 0.05) is 0 Å². The zero-order valence-electron chi connectivity index (χ0n) is 10.1. The van der Waals surface area contributed by atoms with Gasteiger partial charge in [-0.1, -0.05) is 13.8 Å². The Morgan fingerprint density at radius 1 is 1.53 bits per heavy atom. The standard InChI is InChI=1S/C11H16N2O4/c1-6(2)4-8(11(15)16)13-9(14)10-12-5-7(3)17-10/h5-6,8H,4H2,1-3H3,(H,13,14)(H,15,16)/t8-/m1/s1. The first-order valence-electron chi connectivity index (χ1n) is 5.36. The number of carboxylic acids is 1. The number of nitrogens with one attached hydrogen (secondary N) is 1. The lowest BCUT2D eigenvalue weighted by Crippen LogP contribution is -2.41. The Morgan fingerprint density at radius 2 is 2.18 bits per heavy atom. The molecule has 0 aromatic carbocycles. The average molecular weight is 240 g/mol. The van der Waals surface area contributed by atoms with Gasteiger partial charge in [0.1, 0.15) is 11.8 Å². The third-order valence-electron chi connectivity index (χ3n) is 2.13. The fourth-order valence-electron chi connectivity index (χ4n) is 1.37. The first kappa shape index (κ1) is 13.2. The maximum Gasteiger partial charge on any atom is 0.326 e. The van der Waals surface area contributed by atoms with Gasteiger partial charge in [-0.05, 0) is 19.3 Å². The van der Waals surface area contributed by atoms with Crippen molar-refractivity contribution >= 4 is 11.9 Å². The third kappa shape index (κ3) is 3.90. The summed E-state index contributed by atoms with van der Waals surface area (Å²) in [5.74, 6) is -1.10. The zero-order valence-corrected chi connectivity index (χ0v) is 10.1. The number of hydrogen-bond acceptors (Lipinski definition) is 4. The van der Waals surface area contributed by atoms with E-state index in [4.69, 9.17) is 9.52 Å². The van der Waals surface area contributed by atoms with Crippen LogP contribution in [0.2, 0.25) is 0 Å². The predicted molar refractivity (Wildman–Crippen MR) is 59.6 cm³/mol. The number of amides is 1. The van der Waals surface area contributed by atoms with Crippen molar-refractivity contribution in [1.29, 1.82) is 0 Å². The summed E-state index contributed by atoms with van der Waals surface area (Å²) in [5.41, 5.74) is 0. The highest BCUT2D eigenvalue weighted by Crippen LogP contribution is 2.07. The van der Waals surface area contributed by atoms with E-state index in [0.29, 0.717) is 12.2 Å². The summed E-state index contributed by atoms with van der Waals surface area (Å²) in [4.78, 5) is 26.3. The molecule has 6 nitrogen and oxygen atoms in total. The number of nitrogens with zero attached hydrogens (tertiary/aromatic N) is 1. The molecule has 0 aliphatic rings. The minimum Gasteiger partial charge on any atom is -0.480 e. The molecule has 1 atom stereocenters. The van der Waals surface area contributed by atoms with Crippen LogP contribution in [0.3, 0.4) is 0 Å². The second kappa shape index (κ2) is 5.47. The van der Waals surface area contributed by atoms with Crippen LogP contribution in [0.15, 0.2) is 10.6 Å². The summed E-state index contributed by atoms with van der Waals surface area (Å²) < 4.78 is 5.01. The fourth-order valence-corrected chi connectivity index (χ4v) is 1.37. The molecule has 1 aromatic rings. The van der Waals surface area contributed by atoms with Gasteiger partial charge in [-0.3, -0.25) is 4.79 Å². The summed E-state index contributed by atoms with van der Waals surface area (Å²) in [5, 5.41) is 11.3. The Bertz CT molecular complexity index is 411. The molecule has 6 heteroatoms. The molecule has 0 unspecified atom stereocenters. The lowest BCUT2D eigenvalue weighted by atomic mass is 10.0. The molecule has 0 aliphatic carbocycles. The van der Waals surface area contributed by atoms with Crippen LogP contribution in [0.4, 0.5) is 0 Å². The first-order chi connectivity index (χ1) is 7.90. The predicted octanol–water partition coefficient (Wildman–Crippen LogP) is 1.21. The number of aliphatic carboxylic acids is 1. The van der Waals surface area contributed by atoms with Crippen LogP contribution in [-0.2, 0) is 4.79 Å². The Balaban J connectivity index is 2.67. The van der Waals surface area contributed by atoms with Gasteiger partial charge < -0.3 is 14.8 Å². The molecule has 94 valence electrons. The Morgan fingerprint density at radius 3 is 2.59 bits per heavy atom. The highest BCUT2D eigenvalue weighted by atomic mass is 16.4. The van der Waals surface area contributed by atoms with Gasteiger partial charge >= 0.3 is 11.9 Å². The Hall–Kier alpha value is -1.85. The number of carbonyl (C=O) groups excluding carboxylic acids is 1. The smallest absolute Gasteiger partial charge is 0.326 e. The second-order valence-electron chi connectivity index (χ2n) is 4.27. The number of oxazole rings is 1. The molecular formula is C11H16N2O4.